The van der Waals surface area contributed by atoms with Crippen LogP contribution < -0.4 is 0 Å². The summed E-state index contributed by atoms with van der Waals surface area (Å²) in [5, 5.41) is 4.51. The van der Waals surface area contributed by atoms with Crippen LogP contribution in [0.5, 0.6) is 0 Å². The standard InChI is InChI=1S/C14H22ClN5/c1-5-19-14-12(10(3)17-19)16-13(9(2)15)20(14)11-6-7-18(4)8-11/h9,11H,5-8H2,1-4H3. The van der Waals surface area contributed by atoms with Crippen LogP contribution in [-0.2, 0) is 6.54 Å². The van der Waals surface area contributed by atoms with Gasteiger partial charge in [0.1, 0.15) is 11.3 Å². The van der Waals surface area contributed by atoms with Crippen LogP contribution in [0.2, 0.25) is 0 Å². The highest BCUT2D eigenvalue weighted by molar-refractivity contribution is 6.20. The first-order chi connectivity index (χ1) is 9.52. The molecule has 2 aromatic rings. The Balaban J connectivity index is 2.22. The van der Waals surface area contributed by atoms with Gasteiger partial charge in [-0.15, -0.1) is 11.6 Å². The molecule has 0 aliphatic carbocycles. The first-order valence-electron chi connectivity index (χ1n) is 7.30. The lowest BCUT2D eigenvalue weighted by atomic mass is 10.2. The van der Waals surface area contributed by atoms with Gasteiger partial charge in [-0.05, 0) is 40.8 Å². The highest BCUT2D eigenvalue weighted by Gasteiger charge is 2.29. The van der Waals surface area contributed by atoms with Gasteiger partial charge in [0.05, 0.1) is 17.1 Å². The number of fused-ring (bicyclic) bond motifs is 1. The van der Waals surface area contributed by atoms with Crippen molar-refractivity contribution in [1.82, 2.24) is 24.2 Å². The van der Waals surface area contributed by atoms with E-state index >= 15 is 0 Å². The second-order valence-electron chi connectivity index (χ2n) is 5.73. The number of halogens is 1. The molecule has 0 amide bonds. The number of imidazole rings is 1. The third-order valence-corrected chi connectivity index (χ3v) is 4.35. The van der Waals surface area contributed by atoms with E-state index < -0.39 is 0 Å². The Morgan fingerprint density at radius 1 is 1.45 bits per heavy atom. The average molecular weight is 296 g/mol. The summed E-state index contributed by atoms with van der Waals surface area (Å²) in [6.07, 6.45) is 1.15. The molecule has 1 aliphatic heterocycles. The summed E-state index contributed by atoms with van der Waals surface area (Å²) in [6.45, 7) is 9.17. The second-order valence-corrected chi connectivity index (χ2v) is 6.39. The summed E-state index contributed by atoms with van der Waals surface area (Å²) >= 11 is 6.37. The molecule has 1 fully saturated rings. The third-order valence-electron chi connectivity index (χ3n) is 4.16. The molecular formula is C14H22ClN5. The topological polar surface area (TPSA) is 38.9 Å². The van der Waals surface area contributed by atoms with Gasteiger partial charge in [0.25, 0.3) is 0 Å². The van der Waals surface area contributed by atoms with E-state index in [0.717, 1.165) is 48.7 Å². The van der Waals surface area contributed by atoms with Crippen molar-refractivity contribution >= 4 is 22.8 Å². The number of likely N-dealkylation sites (N-methyl/N-ethyl adjacent to an activating group) is 1. The van der Waals surface area contributed by atoms with Gasteiger partial charge in [0.2, 0.25) is 0 Å². The number of alkyl halides is 1. The highest BCUT2D eigenvalue weighted by atomic mass is 35.5. The average Bonchev–Trinajstić information content (AvgIpc) is 3.04. The van der Waals surface area contributed by atoms with Gasteiger partial charge in [-0.25, -0.2) is 9.67 Å². The van der Waals surface area contributed by atoms with Crippen molar-refractivity contribution in [2.24, 2.45) is 0 Å². The number of hydrogen-bond donors (Lipinski definition) is 0. The van der Waals surface area contributed by atoms with Crippen LogP contribution in [0.1, 0.15) is 43.2 Å². The van der Waals surface area contributed by atoms with Crippen LogP contribution in [0, 0.1) is 6.92 Å². The van der Waals surface area contributed by atoms with Crippen LogP contribution in [0.4, 0.5) is 0 Å². The van der Waals surface area contributed by atoms with E-state index in [9.17, 15) is 0 Å². The number of aryl methyl sites for hydroxylation is 2. The Labute approximate surface area is 124 Å². The molecule has 0 bridgehead atoms. The van der Waals surface area contributed by atoms with E-state index in [4.69, 9.17) is 16.6 Å². The molecule has 1 aliphatic rings. The van der Waals surface area contributed by atoms with Gasteiger partial charge in [-0.1, -0.05) is 0 Å². The number of nitrogens with zero attached hydrogens (tertiary/aromatic N) is 5. The first-order valence-corrected chi connectivity index (χ1v) is 7.74. The summed E-state index contributed by atoms with van der Waals surface area (Å²) < 4.78 is 4.39. The molecule has 1 saturated heterocycles. The molecule has 2 unspecified atom stereocenters. The van der Waals surface area contributed by atoms with Gasteiger partial charge in [0.15, 0.2) is 5.65 Å². The molecule has 3 rings (SSSR count). The van der Waals surface area contributed by atoms with E-state index in [1.54, 1.807) is 0 Å². The smallest absolute Gasteiger partial charge is 0.159 e. The molecule has 0 aromatic carbocycles. The fourth-order valence-corrected chi connectivity index (χ4v) is 3.34. The Bertz CT molecular complexity index is 627. The molecule has 0 spiro atoms. The van der Waals surface area contributed by atoms with Gasteiger partial charge in [-0.2, -0.15) is 5.10 Å². The zero-order valence-electron chi connectivity index (χ0n) is 12.6. The molecule has 0 radical (unpaired) electrons. The zero-order valence-corrected chi connectivity index (χ0v) is 13.4. The van der Waals surface area contributed by atoms with E-state index in [1.165, 1.54) is 0 Å². The molecule has 0 N–H and O–H groups in total. The molecule has 5 nitrogen and oxygen atoms in total. The normalized spacial score (nSPS) is 21.9. The lowest BCUT2D eigenvalue weighted by Gasteiger charge is -2.18. The van der Waals surface area contributed by atoms with E-state index in [-0.39, 0.29) is 5.38 Å². The number of likely N-dealkylation sites (tertiary alicyclic amines) is 1. The lowest BCUT2D eigenvalue weighted by Crippen LogP contribution is -2.19. The Hall–Kier alpha value is -1.07. The maximum Gasteiger partial charge on any atom is 0.159 e. The Kier molecular flexibility index (Phi) is 3.50. The van der Waals surface area contributed by atoms with E-state index in [0.29, 0.717) is 6.04 Å². The zero-order chi connectivity index (χ0) is 14.4. The van der Waals surface area contributed by atoms with Gasteiger partial charge in [-0.3, -0.25) is 0 Å². The summed E-state index contributed by atoms with van der Waals surface area (Å²) in [6, 6.07) is 0.447. The summed E-state index contributed by atoms with van der Waals surface area (Å²) in [5.74, 6) is 0.977. The van der Waals surface area contributed by atoms with Crippen molar-refractivity contribution in [1.29, 1.82) is 0 Å². The van der Waals surface area contributed by atoms with Gasteiger partial charge in [0, 0.05) is 13.1 Å². The van der Waals surface area contributed by atoms with E-state index in [1.807, 2.05) is 13.8 Å². The maximum atomic E-state index is 6.37. The van der Waals surface area contributed by atoms with Crippen molar-refractivity contribution in [2.45, 2.75) is 45.2 Å². The monoisotopic (exact) mass is 295 g/mol. The molecular weight excluding hydrogens is 274 g/mol. The number of aromatic nitrogens is 4. The SMILES string of the molecule is CCn1nc(C)c2nc(C(C)Cl)n(C3CCN(C)C3)c21. The highest BCUT2D eigenvalue weighted by Crippen LogP contribution is 2.33. The van der Waals surface area contributed by atoms with Gasteiger partial charge < -0.3 is 9.47 Å². The third kappa shape index (κ3) is 2.04. The fraction of sp³-hybridized carbons (Fsp3) is 0.714. The Morgan fingerprint density at radius 3 is 2.75 bits per heavy atom. The van der Waals surface area contributed by atoms with E-state index in [2.05, 4.69) is 33.2 Å². The minimum Gasteiger partial charge on any atom is -0.307 e. The minimum absolute atomic E-state index is 0.0852. The van der Waals surface area contributed by atoms with Crippen LogP contribution in [-0.4, -0.2) is 44.4 Å². The molecule has 3 heterocycles. The molecule has 20 heavy (non-hydrogen) atoms. The first kappa shape index (κ1) is 13.9. The molecule has 0 saturated carbocycles. The lowest BCUT2D eigenvalue weighted by molar-refractivity contribution is 0.390. The molecule has 6 heteroatoms. The Morgan fingerprint density at radius 2 is 2.20 bits per heavy atom. The molecule has 2 atom stereocenters. The van der Waals surface area contributed by atoms with Crippen LogP contribution in [0.15, 0.2) is 0 Å². The minimum atomic E-state index is -0.0852. The maximum absolute atomic E-state index is 6.37. The molecule has 110 valence electrons. The van der Waals surface area contributed by atoms with Crippen LogP contribution in [0.3, 0.4) is 0 Å². The van der Waals surface area contributed by atoms with Crippen molar-refractivity contribution in [3.05, 3.63) is 11.5 Å². The fourth-order valence-electron chi connectivity index (χ4n) is 3.19. The number of rotatable bonds is 3. The van der Waals surface area contributed by atoms with Crippen molar-refractivity contribution in [3.63, 3.8) is 0 Å². The summed E-state index contributed by atoms with van der Waals surface area (Å²) in [4.78, 5) is 7.14. The van der Waals surface area contributed by atoms with Crippen molar-refractivity contribution < 1.29 is 0 Å². The molecule has 2 aromatic heterocycles. The predicted octanol–water partition coefficient (Wildman–Crippen LogP) is 2.74. The van der Waals surface area contributed by atoms with Crippen molar-refractivity contribution in [3.8, 4) is 0 Å². The summed E-state index contributed by atoms with van der Waals surface area (Å²) in [5.41, 5.74) is 3.13. The van der Waals surface area contributed by atoms with Crippen LogP contribution in [0.25, 0.3) is 11.2 Å². The quantitative estimate of drug-likeness (QED) is 0.817. The number of hydrogen-bond acceptors (Lipinski definition) is 3. The summed E-state index contributed by atoms with van der Waals surface area (Å²) in [7, 11) is 2.17. The van der Waals surface area contributed by atoms with Crippen molar-refractivity contribution in [2.75, 3.05) is 20.1 Å². The second kappa shape index (κ2) is 5.04. The largest absolute Gasteiger partial charge is 0.307 e. The predicted molar refractivity (Wildman–Crippen MR) is 81.3 cm³/mol. The van der Waals surface area contributed by atoms with Gasteiger partial charge >= 0.3 is 0 Å². The van der Waals surface area contributed by atoms with Crippen LogP contribution >= 0.6 is 11.6 Å².